The molecule has 9 heteroatoms. The average Bonchev–Trinajstić information content (AvgIpc) is 3.44. The molecule has 0 spiro atoms. The van der Waals surface area contributed by atoms with Crippen LogP contribution in [0.4, 0.5) is 10.2 Å². The molecule has 0 saturated carbocycles. The van der Waals surface area contributed by atoms with E-state index in [1.165, 1.54) is 6.33 Å². The first-order valence-electron chi connectivity index (χ1n) is 12.0. The van der Waals surface area contributed by atoms with Crippen LogP contribution >= 0.6 is 0 Å². The van der Waals surface area contributed by atoms with E-state index in [1.807, 2.05) is 12.3 Å². The Morgan fingerprint density at radius 1 is 1.18 bits per heavy atom. The number of halogens is 1. The maximum Gasteiger partial charge on any atom is 0.197 e. The Morgan fingerprint density at radius 2 is 1.94 bits per heavy atom. The van der Waals surface area contributed by atoms with Gasteiger partial charge in [-0.05, 0) is 30.4 Å². The van der Waals surface area contributed by atoms with Crippen molar-refractivity contribution in [1.29, 1.82) is 0 Å². The summed E-state index contributed by atoms with van der Waals surface area (Å²) in [5.74, 6) is 0.882. The number of H-pyrrole nitrogens is 1. The molecule has 0 atom stereocenters. The van der Waals surface area contributed by atoms with Gasteiger partial charge in [0, 0.05) is 42.3 Å². The second kappa shape index (κ2) is 8.87. The van der Waals surface area contributed by atoms with Gasteiger partial charge in [0.25, 0.3) is 0 Å². The van der Waals surface area contributed by atoms with Crippen LogP contribution in [0.15, 0.2) is 24.8 Å². The molecule has 0 amide bonds. The molecule has 1 fully saturated rings. The zero-order valence-electron chi connectivity index (χ0n) is 20.4. The summed E-state index contributed by atoms with van der Waals surface area (Å²) in [6, 6.07) is 2.83. The van der Waals surface area contributed by atoms with E-state index in [0.29, 0.717) is 40.2 Å². The number of fused-ring (bicyclic) bond motifs is 2. The number of hydrogen-bond acceptors (Lipinski definition) is 6. The summed E-state index contributed by atoms with van der Waals surface area (Å²) in [6.45, 7) is 10.1. The lowest BCUT2D eigenvalue weighted by Gasteiger charge is -2.34. The number of piperidine rings is 1. The number of nitrogens with one attached hydrogen (secondary N) is 2. The van der Waals surface area contributed by atoms with Gasteiger partial charge in [0.15, 0.2) is 23.0 Å². The Labute approximate surface area is 198 Å². The average molecular weight is 466 g/mol. The summed E-state index contributed by atoms with van der Waals surface area (Å²) in [5.41, 5.74) is 3.96. The molecule has 5 heterocycles. The van der Waals surface area contributed by atoms with Crippen molar-refractivity contribution in [3.05, 3.63) is 36.2 Å². The molecule has 0 unspecified atom stereocenters. The third kappa shape index (κ3) is 3.87. The maximum atomic E-state index is 16.1. The van der Waals surface area contributed by atoms with Gasteiger partial charge in [0.1, 0.15) is 6.33 Å². The first-order valence-corrected chi connectivity index (χ1v) is 12.0. The molecule has 1 saturated heterocycles. The first-order chi connectivity index (χ1) is 16.4. The van der Waals surface area contributed by atoms with Crippen molar-refractivity contribution in [2.45, 2.75) is 58.5 Å². The van der Waals surface area contributed by atoms with Crippen molar-refractivity contribution in [3.63, 3.8) is 0 Å². The number of anilines is 1. The van der Waals surface area contributed by atoms with Crippen molar-refractivity contribution >= 4 is 22.4 Å². The van der Waals surface area contributed by atoms with Crippen LogP contribution in [-0.4, -0.2) is 56.8 Å². The molecule has 0 aromatic carbocycles. The van der Waals surface area contributed by atoms with E-state index >= 15 is 4.39 Å². The lowest BCUT2D eigenvalue weighted by molar-refractivity contribution is 0.384. The van der Waals surface area contributed by atoms with Gasteiger partial charge in [-0.15, -0.1) is 0 Å². The molecule has 0 radical (unpaired) electrons. The predicted molar refractivity (Wildman–Crippen MR) is 132 cm³/mol. The molecule has 1 aliphatic rings. The standard InChI is InChI=1S/C25H32FN7O/c1-14(2)20-21-18(31-23(20)16-10-19(34-5)24-28-13-29-33(24)12-16)11-27-25(22(21)26)32-8-6-17(7-9-32)30-15(3)4/h10-15,17,30-31H,6-9H2,1-5H3. The van der Waals surface area contributed by atoms with Crippen LogP contribution in [0.1, 0.15) is 52.0 Å². The van der Waals surface area contributed by atoms with Crippen LogP contribution in [0, 0.1) is 5.82 Å². The molecule has 1 aliphatic heterocycles. The Morgan fingerprint density at radius 3 is 2.62 bits per heavy atom. The molecule has 4 aromatic heterocycles. The second-order valence-electron chi connectivity index (χ2n) is 9.66. The van der Waals surface area contributed by atoms with Crippen molar-refractivity contribution in [2.75, 3.05) is 25.1 Å². The van der Waals surface area contributed by atoms with Crippen molar-refractivity contribution < 1.29 is 9.13 Å². The summed E-state index contributed by atoms with van der Waals surface area (Å²) in [6.07, 6.45) is 7.09. The lowest BCUT2D eigenvalue weighted by atomic mass is 9.96. The van der Waals surface area contributed by atoms with Gasteiger partial charge in [-0.25, -0.2) is 18.9 Å². The third-order valence-corrected chi connectivity index (χ3v) is 6.59. The zero-order valence-corrected chi connectivity index (χ0v) is 20.4. The highest BCUT2D eigenvalue weighted by Gasteiger charge is 2.27. The van der Waals surface area contributed by atoms with Crippen LogP contribution in [0.3, 0.4) is 0 Å². The first kappa shape index (κ1) is 22.6. The van der Waals surface area contributed by atoms with Gasteiger partial charge in [-0.1, -0.05) is 27.7 Å². The van der Waals surface area contributed by atoms with Gasteiger partial charge in [0.05, 0.1) is 24.5 Å². The van der Waals surface area contributed by atoms with Crippen LogP contribution in [0.25, 0.3) is 27.8 Å². The molecule has 0 aliphatic carbocycles. The van der Waals surface area contributed by atoms with E-state index in [0.717, 1.165) is 42.8 Å². The maximum absolute atomic E-state index is 16.1. The van der Waals surface area contributed by atoms with Crippen molar-refractivity contribution in [1.82, 2.24) is 29.9 Å². The molecule has 0 bridgehead atoms. The number of methoxy groups -OCH3 is 1. The van der Waals surface area contributed by atoms with Crippen LogP contribution in [0.2, 0.25) is 0 Å². The van der Waals surface area contributed by atoms with Crippen LogP contribution in [-0.2, 0) is 0 Å². The minimum Gasteiger partial charge on any atom is -0.493 e. The van der Waals surface area contributed by atoms with E-state index in [1.54, 1.807) is 17.8 Å². The summed E-state index contributed by atoms with van der Waals surface area (Å²) >= 11 is 0. The Bertz CT molecular complexity index is 1320. The zero-order chi connectivity index (χ0) is 24.0. The second-order valence-corrected chi connectivity index (χ2v) is 9.66. The largest absolute Gasteiger partial charge is 0.493 e. The van der Waals surface area contributed by atoms with Crippen LogP contribution < -0.4 is 15.0 Å². The topological polar surface area (TPSA) is 83.4 Å². The van der Waals surface area contributed by atoms with Crippen LogP contribution in [0.5, 0.6) is 5.75 Å². The quantitative estimate of drug-likeness (QED) is 0.436. The van der Waals surface area contributed by atoms with Gasteiger partial charge in [-0.3, -0.25) is 0 Å². The normalized spacial score (nSPS) is 15.4. The molecule has 180 valence electrons. The highest BCUT2D eigenvalue weighted by molar-refractivity contribution is 5.93. The Balaban J connectivity index is 1.57. The molecule has 4 aromatic rings. The lowest BCUT2D eigenvalue weighted by Crippen LogP contribution is -2.45. The van der Waals surface area contributed by atoms with E-state index in [9.17, 15) is 0 Å². The highest BCUT2D eigenvalue weighted by atomic mass is 19.1. The molecule has 8 nitrogen and oxygen atoms in total. The summed E-state index contributed by atoms with van der Waals surface area (Å²) in [7, 11) is 1.61. The molecular formula is C25H32FN7O. The Hall–Kier alpha value is -3.20. The number of aromatic amines is 1. The number of aromatic nitrogens is 5. The minimum absolute atomic E-state index is 0.0897. The number of nitrogens with zero attached hydrogens (tertiary/aromatic N) is 5. The number of hydrogen-bond donors (Lipinski definition) is 2. The van der Waals surface area contributed by atoms with E-state index in [2.05, 4.69) is 58.0 Å². The van der Waals surface area contributed by atoms with E-state index < -0.39 is 0 Å². The van der Waals surface area contributed by atoms with Crippen molar-refractivity contribution in [3.8, 4) is 17.0 Å². The fraction of sp³-hybridized carbons (Fsp3) is 0.480. The summed E-state index contributed by atoms with van der Waals surface area (Å²) in [5, 5.41) is 8.47. The molecule has 34 heavy (non-hydrogen) atoms. The smallest absolute Gasteiger partial charge is 0.197 e. The number of ether oxygens (including phenoxy) is 1. The fourth-order valence-electron chi connectivity index (χ4n) is 5.10. The monoisotopic (exact) mass is 465 g/mol. The SMILES string of the molecule is COc1cc(-c2[nH]c3cnc(N4CCC(NC(C)C)CC4)c(F)c3c2C(C)C)cn2ncnc12. The Kier molecular flexibility index (Phi) is 5.89. The molecule has 5 rings (SSSR count). The summed E-state index contributed by atoms with van der Waals surface area (Å²) in [4.78, 5) is 14.3. The number of pyridine rings is 2. The third-order valence-electron chi connectivity index (χ3n) is 6.59. The minimum atomic E-state index is -0.257. The molecular weight excluding hydrogens is 433 g/mol. The van der Waals surface area contributed by atoms with Crippen molar-refractivity contribution in [2.24, 2.45) is 0 Å². The molecule has 2 N–H and O–H groups in total. The summed E-state index contributed by atoms with van der Waals surface area (Å²) < 4.78 is 23.3. The van der Waals surface area contributed by atoms with Gasteiger partial charge in [-0.2, -0.15) is 5.10 Å². The van der Waals surface area contributed by atoms with Gasteiger partial charge < -0.3 is 19.9 Å². The van der Waals surface area contributed by atoms with E-state index in [-0.39, 0.29) is 11.7 Å². The fourth-order valence-corrected chi connectivity index (χ4v) is 5.10. The van der Waals surface area contributed by atoms with Gasteiger partial charge in [0.2, 0.25) is 0 Å². The number of rotatable bonds is 6. The van der Waals surface area contributed by atoms with Gasteiger partial charge >= 0.3 is 0 Å². The van der Waals surface area contributed by atoms with E-state index in [4.69, 9.17) is 4.74 Å². The predicted octanol–water partition coefficient (Wildman–Crippen LogP) is 4.51. The highest BCUT2D eigenvalue weighted by Crippen LogP contribution is 2.40.